The Morgan fingerprint density at radius 2 is 2.03 bits per heavy atom. The molecule has 1 atom stereocenters. The minimum absolute atomic E-state index is 0.0647. The van der Waals surface area contributed by atoms with Gasteiger partial charge in [0.1, 0.15) is 23.4 Å². The number of para-hydroxylation sites is 2. The number of alkyl halides is 1. The molecule has 6 nitrogen and oxygen atoms in total. The van der Waals surface area contributed by atoms with Gasteiger partial charge in [0, 0.05) is 25.1 Å². The summed E-state index contributed by atoms with van der Waals surface area (Å²) >= 11 is 0. The summed E-state index contributed by atoms with van der Waals surface area (Å²) in [5, 5.41) is 10.6. The molecule has 1 aliphatic rings. The molecule has 0 radical (unpaired) electrons. The number of aromatic amines is 1. The van der Waals surface area contributed by atoms with Crippen LogP contribution in [0.1, 0.15) is 36.8 Å². The number of rotatable bonds is 8. The van der Waals surface area contributed by atoms with E-state index >= 15 is 0 Å². The number of hydrogen-bond acceptors (Lipinski definition) is 5. The lowest BCUT2D eigenvalue weighted by atomic mass is 10.0. The molecule has 0 saturated carbocycles. The van der Waals surface area contributed by atoms with Crippen LogP contribution < -0.4 is 4.74 Å². The predicted octanol–water partition coefficient (Wildman–Crippen LogP) is 4.21. The molecule has 160 valence electrons. The van der Waals surface area contributed by atoms with Gasteiger partial charge in [-0.3, -0.25) is 4.39 Å². The van der Waals surface area contributed by atoms with Gasteiger partial charge in [-0.15, -0.1) is 0 Å². The molecule has 0 aliphatic carbocycles. The number of phenolic OH excluding ortho intramolecular Hbond substituents is 1. The van der Waals surface area contributed by atoms with Crippen molar-refractivity contribution >= 4 is 11.0 Å². The molecule has 1 saturated heterocycles. The minimum Gasteiger partial charge on any atom is -0.508 e. The SMILES string of the molecule is CN1CCC(OC(c2nc3ccccc3[nH]2)c2cc(OCCCF)ccc2O)CC1. The molecule has 2 N–H and O–H groups in total. The second-order valence-electron chi connectivity index (χ2n) is 7.77. The smallest absolute Gasteiger partial charge is 0.144 e. The van der Waals surface area contributed by atoms with E-state index in [1.165, 1.54) is 0 Å². The van der Waals surface area contributed by atoms with Gasteiger partial charge in [0.2, 0.25) is 0 Å². The number of fused-ring (bicyclic) bond motifs is 1. The van der Waals surface area contributed by atoms with E-state index < -0.39 is 12.8 Å². The summed E-state index contributed by atoms with van der Waals surface area (Å²) in [5.41, 5.74) is 2.35. The maximum atomic E-state index is 12.4. The summed E-state index contributed by atoms with van der Waals surface area (Å²) in [7, 11) is 2.11. The molecule has 1 aliphatic heterocycles. The average Bonchev–Trinajstić information content (AvgIpc) is 3.19. The van der Waals surface area contributed by atoms with Crippen molar-refractivity contribution in [3.63, 3.8) is 0 Å². The van der Waals surface area contributed by atoms with Crippen LogP contribution in [0.2, 0.25) is 0 Å². The van der Waals surface area contributed by atoms with Crippen LogP contribution >= 0.6 is 0 Å². The van der Waals surface area contributed by atoms with Crippen LogP contribution in [0, 0.1) is 0 Å². The Morgan fingerprint density at radius 1 is 1.23 bits per heavy atom. The average molecular weight is 413 g/mol. The molecule has 1 aromatic heterocycles. The summed E-state index contributed by atoms with van der Waals surface area (Å²) in [6.45, 7) is 1.80. The maximum absolute atomic E-state index is 12.4. The van der Waals surface area contributed by atoms with Gasteiger partial charge in [0.05, 0.1) is 30.4 Å². The van der Waals surface area contributed by atoms with Crippen LogP contribution in [0.5, 0.6) is 11.5 Å². The quantitative estimate of drug-likeness (QED) is 0.542. The third-order valence-corrected chi connectivity index (χ3v) is 5.48. The summed E-state index contributed by atoms with van der Waals surface area (Å²) in [6.07, 6.45) is 1.67. The van der Waals surface area contributed by atoms with Gasteiger partial charge in [0.15, 0.2) is 0 Å². The van der Waals surface area contributed by atoms with Crippen molar-refractivity contribution in [2.75, 3.05) is 33.4 Å². The van der Waals surface area contributed by atoms with Gasteiger partial charge in [-0.05, 0) is 50.2 Å². The lowest BCUT2D eigenvalue weighted by Gasteiger charge is -2.31. The Labute approximate surface area is 175 Å². The van der Waals surface area contributed by atoms with Crippen molar-refractivity contribution in [1.82, 2.24) is 14.9 Å². The number of benzene rings is 2. The first-order valence-corrected chi connectivity index (χ1v) is 10.4. The van der Waals surface area contributed by atoms with Crippen LogP contribution in [-0.2, 0) is 4.74 Å². The fraction of sp³-hybridized carbons (Fsp3) is 0.435. The lowest BCUT2D eigenvalue weighted by Crippen LogP contribution is -2.35. The standard InChI is InChI=1S/C23H28FN3O3/c1-27-12-9-16(10-13-27)30-22(23-25-19-5-2-3-6-20(19)26-23)18-15-17(7-8-21(18)28)29-14-4-11-24/h2-3,5-8,15-16,22,28H,4,9-14H2,1H3,(H,25,26). The Bertz CT molecular complexity index is 936. The second-order valence-corrected chi connectivity index (χ2v) is 7.77. The molecule has 2 heterocycles. The number of H-pyrrole nitrogens is 1. The van der Waals surface area contributed by atoms with E-state index in [-0.39, 0.29) is 18.5 Å². The fourth-order valence-electron chi connectivity index (χ4n) is 3.77. The van der Waals surface area contributed by atoms with Gasteiger partial charge in [-0.2, -0.15) is 0 Å². The van der Waals surface area contributed by atoms with Crippen LogP contribution in [0.15, 0.2) is 42.5 Å². The van der Waals surface area contributed by atoms with Crippen molar-refractivity contribution in [1.29, 1.82) is 0 Å². The number of imidazole rings is 1. The van der Waals surface area contributed by atoms with Crippen molar-refractivity contribution in [2.45, 2.75) is 31.5 Å². The van der Waals surface area contributed by atoms with E-state index in [4.69, 9.17) is 14.5 Å². The highest BCUT2D eigenvalue weighted by molar-refractivity contribution is 5.75. The molecule has 1 fully saturated rings. The number of hydrogen-bond donors (Lipinski definition) is 2. The number of phenols is 1. The van der Waals surface area contributed by atoms with E-state index in [1.807, 2.05) is 24.3 Å². The largest absolute Gasteiger partial charge is 0.508 e. The lowest BCUT2D eigenvalue weighted by molar-refractivity contribution is -0.0272. The zero-order valence-corrected chi connectivity index (χ0v) is 17.2. The number of aromatic hydroxyl groups is 1. The van der Waals surface area contributed by atoms with Crippen LogP contribution in [0.4, 0.5) is 4.39 Å². The zero-order chi connectivity index (χ0) is 20.9. The van der Waals surface area contributed by atoms with E-state index in [1.54, 1.807) is 18.2 Å². The monoisotopic (exact) mass is 413 g/mol. The van der Waals surface area contributed by atoms with Gasteiger partial charge in [-0.25, -0.2) is 4.98 Å². The van der Waals surface area contributed by atoms with Gasteiger partial charge in [-0.1, -0.05) is 12.1 Å². The van der Waals surface area contributed by atoms with Crippen molar-refractivity contribution in [3.8, 4) is 11.5 Å². The Kier molecular flexibility index (Phi) is 6.50. The third kappa shape index (κ3) is 4.74. The third-order valence-electron chi connectivity index (χ3n) is 5.48. The number of piperidine rings is 1. The van der Waals surface area contributed by atoms with E-state index in [0.717, 1.165) is 37.0 Å². The Hall–Kier alpha value is -2.64. The van der Waals surface area contributed by atoms with Crippen LogP contribution in [0.3, 0.4) is 0 Å². The van der Waals surface area contributed by atoms with E-state index in [2.05, 4.69) is 16.9 Å². The minimum atomic E-state index is -0.560. The first-order valence-electron chi connectivity index (χ1n) is 10.4. The molecular formula is C23H28FN3O3. The first kappa shape index (κ1) is 20.6. The summed E-state index contributed by atoms with van der Waals surface area (Å²) in [5.74, 6) is 1.34. The highest BCUT2D eigenvalue weighted by atomic mass is 19.1. The second kappa shape index (κ2) is 9.45. The number of likely N-dealkylation sites (tertiary alicyclic amines) is 1. The normalized spacial score (nSPS) is 16.7. The number of halogens is 1. The zero-order valence-electron chi connectivity index (χ0n) is 17.2. The molecule has 2 aromatic carbocycles. The van der Waals surface area contributed by atoms with Crippen LogP contribution in [-0.4, -0.2) is 59.5 Å². The van der Waals surface area contributed by atoms with Crippen molar-refractivity contribution in [3.05, 3.63) is 53.9 Å². The van der Waals surface area contributed by atoms with Gasteiger partial charge < -0.3 is 24.5 Å². The molecular weight excluding hydrogens is 385 g/mol. The van der Waals surface area contributed by atoms with Gasteiger partial charge in [0.25, 0.3) is 0 Å². The highest BCUT2D eigenvalue weighted by Gasteiger charge is 2.28. The van der Waals surface area contributed by atoms with E-state index in [0.29, 0.717) is 23.6 Å². The van der Waals surface area contributed by atoms with Crippen molar-refractivity contribution < 1.29 is 19.0 Å². The molecule has 3 aromatic rings. The summed E-state index contributed by atoms with van der Waals surface area (Å²) in [4.78, 5) is 10.4. The predicted molar refractivity (Wildman–Crippen MR) is 114 cm³/mol. The molecule has 4 rings (SSSR count). The molecule has 0 bridgehead atoms. The fourth-order valence-corrected chi connectivity index (χ4v) is 3.77. The highest BCUT2D eigenvalue weighted by Crippen LogP contribution is 2.36. The summed E-state index contributed by atoms with van der Waals surface area (Å²) in [6, 6.07) is 12.8. The van der Waals surface area contributed by atoms with E-state index in [9.17, 15) is 9.50 Å². The molecule has 7 heteroatoms. The summed E-state index contributed by atoms with van der Waals surface area (Å²) < 4.78 is 24.6. The Balaban J connectivity index is 1.66. The number of nitrogens with zero attached hydrogens (tertiary/aromatic N) is 2. The maximum Gasteiger partial charge on any atom is 0.144 e. The molecule has 0 spiro atoms. The van der Waals surface area contributed by atoms with Crippen molar-refractivity contribution in [2.24, 2.45) is 0 Å². The number of nitrogens with one attached hydrogen (secondary N) is 1. The van der Waals surface area contributed by atoms with Crippen LogP contribution in [0.25, 0.3) is 11.0 Å². The molecule has 1 unspecified atom stereocenters. The molecule has 30 heavy (non-hydrogen) atoms. The number of ether oxygens (including phenoxy) is 2. The van der Waals surface area contributed by atoms with Gasteiger partial charge >= 0.3 is 0 Å². The first-order chi connectivity index (χ1) is 14.6. The Morgan fingerprint density at radius 3 is 2.80 bits per heavy atom. The number of aromatic nitrogens is 2. The molecule has 0 amide bonds. The topological polar surface area (TPSA) is 70.6 Å².